The number of carbonyl (C=O) groups excluding carboxylic acids is 1. The highest BCUT2D eigenvalue weighted by molar-refractivity contribution is 6.33. The van der Waals surface area contributed by atoms with Gasteiger partial charge in [-0.25, -0.2) is 4.79 Å². The normalized spacial score (nSPS) is 10.1. The van der Waals surface area contributed by atoms with Gasteiger partial charge >= 0.3 is 5.97 Å². The maximum Gasteiger partial charge on any atom is 0.339 e. The quantitative estimate of drug-likeness (QED) is 0.682. The molecule has 1 heterocycles. The molecule has 2 rings (SSSR count). The Morgan fingerprint density at radius 2 is 2.00 bits per heavy atom. The third-order valence-electron chi connectivity index (χ3n) is 2.33. The minimum Gasteiger partial charge on any atom is -0.457 e. The van der Waals surface area contributed by atoms with Crippen molar-refractivity contribution in [1.82, 2.24) is 4.98 Å². The van der Waals surface area contributed by atoms with Crippen molar-refractivity contribution in [2.24, 2.45) is 0 Å². The number of benzene rings is 1. The smallest absolute Gasteiger partial charge is 0.339 e. The molecule has 0 radical (unpaired) electrons. The molecule has 2 aromatic rings. The Hall–Kier alpha value is -2.07. The fourth-order valence-corrected chi connectivity index (χ4v) is 1.67. The van der Waals surface area contributed by atoms with Crippen LogP contribution in [-0.2, 0) is 11.3 Å². The fourth-order valence-electron chi connectivity index (χ4n) is 1.40. The van der Waals surface area contributed by atoms with E-state index in [2.05, 4.69) is 4.98 Å². The molecule has 0 aliphatic rings. The third kappa shape index (κ3) is 2.99. The highest BCUT2D eigenvalue weighted by atomic mass is 35.5. The monoisotopic (exact) mass is 262 g/mol. The Morgan fingerprint density at radius 1 is 1.28 bits per heavy atom. The van der Waals surface area contributed by atoms with Crippen LogP contribution in [0.4, 0.5) is 5.69 Å². The molecule has 0 spiro atoms. The van der Waals surface area contributed by atoms with Crippen LogP contribution in [0.15, 0.2) is 42.7 Å². The molecule has 0 bridgehead atoms. The first-order chi connectivity index (χ1) is 8.66. The first-order valence-corrected chi connectivity index (χ1v) is 5.65. The molecule has 92 valence electrons. The molecular formula is C13H11ClN2O2. The van der Waals surface area contributed by atoms with Crippen LogP contribution in [0, 0.1) is 0 Å². The van der Waals surface area contributed by atoms with Gasteiger partial charge in [0, 0.05) is 18.1 Å². The molecule has 2 N–H and O–H groups in total. The number of carbonyl (C=O) groups is 1. The number of pyridine rings is 1. The average molecular weight is 263 g/mol. The molecule has 0 saturated carbocycles. The van der Waals surface area contributed by atoms with Gasteiger partial charge in [-0.2, -0.15) is 0 Å². The zero-order valence-electron chi connectivity index (χ0n) is 9.47. The molecule has 1 aromatic carbocycles. The summed E-state index contributed by atoms with van der Waals surface area (Å²) in [6.07, 6.45) is 3.28. The van der Waals surface area contributed by atoms with Crippen molar-refractivity contribution >= 4 is 23.3 Å². The van der Waals surface area contributed by atoms with Crippen LogP contribution in [0.3, 0.4) is 0 Å². The van der Waals surface area contributed by atoms with Crippen molar-refractivity contribution in [3.8, 4) is 0 Å². The molecule has 0 saturated heterocycles. The van der Waals surface area contributed by atoms with E-state index in [0.29, 0.717) is 11.3 Å². The van der Waals surface area contributed by atoms with E-state index >= 15 is 0 Å². The number of hydrogen-bond donors (Lipinski definition) is 1. The number of esters is 1. The third-order valence-corrected chi connectivity index (χ3v) is 2.65. The number of rotatable bonds is 3. The second kappa shape index (κ2) is 5.51. The first kappa shape index (κ1) is 12.4. The summed E-state index contributed by atoms with van der Waals surface area (Å²) in [4.78, 5) is 15.7. The SMILES string of the molecule is Nc1ccc(C(=O)OCc2ccncc2)c(Cl)c1. The lowest BCUT2D eigenvalue weighted by molar-refractivity contribution is 0.0473. The van der Waals surface area contributed by atoms with E-state index in [1.807, 2.05) is 0 Å². The number of ether oxygens (including phenoxy) is 1. The van der Waals surface area contributed by atoms with Gasteiger partial charge in [-0.15, -0.1) is 0 Å². The maximum absolute atomic E-state index is 11.8. The Kier molecular flexibility index (Phi) is 3.79. The lowest BCUT2D eigenvalue weighted by atomic mass is 10.2. The number of nitrogens with two attached hydrogens (primary N) is 1. The molecule has 5 heteroatoms. The Labute approximate surface area is 109 Å². The fraction of sp³-hybridized carbons (Fsp3) is 0.0769. The van der Waals surface area contributed by atoms with Crippen LogP contribution in [0.25, 0.3) is 0 Å². The number of halogens is 1. The van der Waals surface area contributed by atoms with Gasteiger partial charge in [0.1, 0.15) is 6.61 Å². The molecule has 1 aromatic heterocycles. The van der Waals surface area contributed by atoms with E-state index in [4.69, 9.17) is 22.1 Å². The Balaban J connectivity index is 2.04. The summed E-state index contributed by atoms with van der Waals surface area (Å²) < 4.78 is 5.14. The predicted molar refractivity (Wildman–Crippen MR) is 69.2 cm³/mol. The van der Waals surface area contributed by atoms with Gasteiger partial charge in [0.05, 0.1) is 10.6 Å². The second-order valence-electron chi connectivity index (χ2n) is 3.67. The lowest BCUT2D eigenvalue weighted by Gasteiger charge is -2.06. The van der Waals surface area contributed by atoms with Crippen LogP contribution >= 0.6 is 11.6 Å². The van der Waals surface area contributed by atoms with Crippen LogP contribution in [-0.4, -0.2) is 11.0 Å². The van der Waals surface area contributed by atoms with Crippen molar-refractivity contribution in [1.29, 1.82) is 0 Å². The van der Waals surface area contributed by atoms with Gasteiger partial charge in [0.2, 0.25) is 0 Å². The highest BCUT2D eigenvalue weighted by Crippen LogP contribution is 2.20. The number of nitrogen functional groups attached to an aromatic ring is 1. The molecule has 0 unspecified atom stereocenters. The van der Waals surface area contributed by atoms with Gasteiger partial charge in [0.15, 0.2) is 0 Å². The number of nitrogens with zero attached hydrogens (tertiary/aromatic N) is 1. The van der Waals surface area contributed by atoms with Crippen molar-refractivity contribution in [2.75, 3.05) is 5.73 Å². The number of anilines is 1. The topological polar surface area (TPSA) is 65.2 Å². The molecule has 18 heavy (non-hydrogen) atoms. The summed E-state index contributed by atoms with van der Waals surface area (Å²) >= 11 is 5.92. The Bertz CT molecular complexity index is 558. The molecular weight excluding hydrogens is 252 g/mol. The van der Waals surface area contributed by atoms with Gasteiger partial charge in [-0.1, -0.05) is 11.6 Å². The van der Waals surface area contributed by atoms with Crippen LogP contribution in [0.2, 0.25) is 5.02 Å². The highest BCUT2D eigenvalue weighted by Gasteiger charge is 2.11. The maximum atomic E-state index is 11.8. The predicted octanol–water partition coefficient (Wildman–Crippen LogP) is 2.67. The summed E-state index contributed by atoms with van der Waals surface area (Å²) in [6.45, 7) is 0.183. The second-order valence-corrected chi connectivity index (χ2v) is 4.08. The number of hydrogen-bond acceptors (Lipinski definition) is 4. The van der Waals surface area contributed by atoms with E-state index < -0.39 is 5.97 Å². The summed E-state index contributed by atoms with van der Waals surface area (Å²) in [5.74, 6) is -0.475. The van der Waals surface area contributed by atoms with Crippen LogP contribution in [0.5, 0.6) is 0 Å². The van der Waals surface area contributed by atoms with Crippen molar-refractivity contribution < 1.29 is 9.53 Å². The molecule has 0 aliphatic carbocycles. The van der Waals surface area contributed by atoms with E-state index in [-0.39, 0.29) is 11.6 Å². The van der Waals surface area contributed by atoms with E-state index in [1.165, 1.54) is 6.07 Å². The summed E-state index contributed by atoms with van der Waals surface area (Å²) in [7, 11) is 0. The van der Waals surface area contributed by atoms with Crippen LogP contribution < -0.4 is 5.73 Å². The largest absolute Gasteiger partial charge is 0.457 e. The van der Waals surface area contributed by atoms with E-state index in [0.717, 1.165) is 5.56 Å². The molecule has 0 aliphatic heterocycles. The van der Waals surface area contributed by atoms with Gasteiger partial charge in [-0.3, -0.25) is 4.98 Å². The molecule has 0 atom stereocenters. The standard InChI is InChI=1S/C13H11ClN2O2/c14-12-7-10(15)1-2-11(12)13(17)18-8-9-3-5-16-6-4-9/h1-7H,8,15H2. The number of aromatic nitrogens is 1. The van der Waals surface area contributed by atoms with Gasteiger partial charge in [0.25, 0.3) is 0 Å². The van der Waals surface area contributed by atoms with Gasteiger partial charge in [-0.05, 0) is 35.9 Å². The lowest BCUT2D eigenvalue weighted by Crippen LogP contribution is -2.06. The average Bonchev–Trinajstić information content (AvgIpc) is 2.37. The van der Waals surface area contributed by atoms with Gasteiger partial charge < -0.3 is 10.5 Å². The first-order valence-electron chi connectivity index (χ1n) is 5.28. The molecule has 0 fully saturated rings. The minimum atomic E-state index is -0.475. The van der Waals surface area contributed by atoms with Crippen molar-refractivity contribution in [3.63, 3.8) is 0 Å². The zero-order chi connectivity index (χ0) is 13.0. The van der Waals surface area contributed by atoms with E-state index in [9.17, 15) is 4.79 Å². The van der Waals surface area contributed by atoms with E-state index in [1.54, 1.807) is 36.7 Å². The minimum absolute atomic E-state index is 0.183. The van der Waals surface area contributed by atoms with Crippen molar-refractivity contribution in [2.45, 2.75) is 6.61 Å². The summed E-state index contributed by atoms with van der Waals surface area (Å²) in [5, 5.41) is 0.287. The molecule has 4 nitrogen and oxygen atoms in total. The Morgan fingerprint density at radius 3 is 2.67 bits per heavy atom. The van der Waals surface area contributed by atoms with Crippen LogP contribution in [0.1, 0.15) is 15.9 Å². The zero-order valence-corrected chi connectivity index (χ0v) is 10.2. The summed E-state index contributed by atoms with van der Waals surface area (Å²) in [6, 6.07) is 8.22. The van der Waals surface area contributed by atoms with Crippen molar-refractivity contribution in [3.05, 3.63) is 58.9 Å². The summed E-state index contributed by atoms with van der Waals surface area (Å²) in [5.41, 5.74) is 7.23. The molecule has 0 amide bonds.